The molecule has 2 N–H and O–H groups in total. The SMILES string of the molecule is CN(C(N)=NCc1ccc(N2CCCC2=O)cc1)C1CC1.I. The first kappa shape index (κ1) is 17.1. The highest BCUT2D eigenvalue weighted by Crippen LogP contribution is 2.25. The van der Waals surface area contributed by atoms with Gasteiger partial charge in [0.25, 0.3) is 0 Å². The molecule has 0 spiro atoms. The minimum absolute atomic E-state index is 0. The van der Waals surface area contributed by atoms with Crippen LogP contribution in [-0.4, -0.2) is 36.4 Å². The van der Waals surface area contributed by atoms with Crippen molar-refractivity contribution in [2.24, 2.45) is 10.7 Å². The number of carbonyl (C=O) groups excluding carboxylic acids is 1. The average Bonchev–Trinajstić information content (AvgIpc) is 3.26. The van der Waals surface area contributed by atoms with Crippen LogP contribution in [0.25, 0.3) is 0 Å². The number of nitrogens with zero attached hydrogens (tertiary/aromatic N) is 3. The Labute approximate surface area is 148 Å². The molecule has 3 rings (SSSR count). The number of hydrogen-bond donors (Lipinski definition) is 1. The molecule has 2 aliphatic rings. The third-order valence-corrected chi connectivity index (χ3v) is 4.20. The standard InChI is InChI=1S/C16H22N4O.HI/c1-19(13-8-9-13)16(17)18-11-12-4-6-14(7-5-12)20-10-2-3-15(20)21;/h4-7,13H,2-3,8-11H2,1H3,(H2,17,18);1H. The first-order chi connectivity index (χ1) is 10.1. The number of amides is 1. The van der Waals surface area contributed by atoms with Gasteiger partial charge in [-0.1, -0.05) is 12.1 Å². The molecule has 120 valence electrons. The first-order valence-electron chi connectivity index (χ1n) is 7.57. The Morgan fingerprint density at radius 2 is 2.05 bits per heavy atom. The molecule has 6 heteroatoms. The van der Waals surface area contributed by atoms with Crippen LogP contribution in [0.3, 0.4) is 0 Å². The maximum absolute atomic E-state index is 11.7. The van der Waals surface area contributed by atoms with E-state index in [1.165, 1.54) is 12.8 Å². The second-order valence-electron chi connectivity index (χ2n) is 5.83. The van der Waals surface area contributed by atoms with Crippen molar-refractivity contribution in [3.05, 3.63) is 29.8 Å². The fourth-order valence-corrected chi connectivity index (χ4v) is 2.64. The summed E-state index contributed by atoms with van der Waals surface area (Å²) < 4.78 is 0. The minimum Gasteiger partial charge on any atom is -0.370 e. The highest BCUT2D eigenvalue weighted by molar-refractivity contribution is 14.0. The van der Waals surface area contributed by atoms with Gasteiger partial charge in [-0.3, -0.25) is 4.79 Å². The molecular formula is C16H23IN4O. The molecule has 1 aliphatic carbocycles. The lowest BCUT2D eigenvalue weighted by atomic mass is 10.2. The van der Waals surface area contributed by atoms with Crippen LogP contribution in [0.4, 0.5) is 5.69 Å². The number of rotatable bonds is 4. The molecule has 1 saturated carbocycles. The van der Waals surface area contributed by atoms with Gasteiger partial charge in [-0.2, -0.15) is 0 Å². The van der Waals surface area contributed by atoms with Gasteiger partial charge in [0.05, 0.1) is 6.54 Å². The van der Waals surface area contributed by atoms with Crippen LogP contribution >= 0.6 is 24.0 Å². The molecule has 0 bridgehead atoms. The normalized spacial score (nSPS) is 18.3. The summed E-state index contributed by atoms with van der Waals surface area (Å²) in [5.74, 6) is 0.826. The molecule has 0 unspecified atom stereocenters. The molecule has 1 aromatic rings. The van der Waals surface area contributed by atoms with Gasteiger partial charge < -0.3 is 15.5 Å². The van der Waals surface area contributed by atoms with E-state index in [1.807, 2.05) is 36.2 Å². The van der Waals surface area contributed by atoms with Gasteiger partial charge >= 0.3 is 0 Å². The zero-order chi connectivity index (χ0) is 14.8. The number of nitrogens with two attached hydrogens (primary N) is 1. The van der Waals surface area contributed by atoms with E-state index in [1.54, 1.807) is 0 Å². The summed E-state index contributed by atoms with van der Waals surface area (Å²) in [6.45, 7) is 1.41. The third-order valence-electron chi connectivity index (χ3n) is 4.20. The largest absolute Gasteiger partial charge is 0.370 e. The van der Waals surface area contributed by atoms with Crippen molar-refractivity contribution in [3.63, 3.8) is 0 Å². The molecule has 1 saturated heterocycles. The minimum atomic E-state index is 0. The van der Waals surface area contributed by atoms with E-state index in [0.29, 0.717) is 25.0 Å². The predicted molar refractivity (Wildman–Crippen MR) is 99.6 cm³/mol. The van der Waals surface area contributed by atoms with Gasteiger partial charge in [0.1, 0.15) is 0 Å². The van der Waals surface area contributed by atoms with E-state index in [-0.39, 0.29) is 29.9 Å². The zero-order valence-electron chi connectivity index (χ0n) is 12.9. The number of aliphatic imine (C=N–C) groups is 1. The van der Waals surface area contributed by atoms with Gasteiger partial charge in [-0.25, -0.2) is 4.99 Å². The predicted octanol–water partition coefficient (Wildman–Crippen LogP) is 2.34. The van der Waals surface area contributed by atoms with Crippen LogP contribution in [0.2, 0.25) is 0 Å². The second-order valence-corrected chi connectivity index (χ2v) is 5.83. The fourth-order valence-electron chi connectivity index (χ4n) is 2.64. The molecule has 1 heterocycles. The van der Waals surface area contributed by atoms with Gasteiger partial charge in [-0.05, 0) is 37.0 Å². The van der Waals surface area contributed by atoms with Crippen LogP contribution in [0, 0.1) is 0 Å². The Hall–Kier alpha value is -1.31. The lowest BCUT2D eigenvalue weighted by molar-refractivity contribution is -0.117. The van der Waals surface area contributed by atoms with Crippen molar-refractivity contribution in [1.82, 2.24) is 4.90 Å². The van der Waals surface area contributed by atoms with Crippen molar-refractivity contribution in [1.29, 1.82) is 0 Å². The van der Waals surface area contributed by atoms with Crippen molar-refractivity contribution in [3.8, 4) is 0 Å². The maximum atomic E-state index is 11.7. The van der Waals surface area contributed by atoms with E-state index < -0.39 is 0 Å². The Morgan fingerprint density at radius 3 is 2.59 bits per heavy atom. The van der Waals surface area contributed by atoms with E-state index in [9.17, 15) is 4.79 Å². The highest BCUT2D eigenvalue weighted by atomic mass is 127. The quantitative estimate of drug-likeness (QED) is 0.468. The molecule has 1 amide bonds. The Morgan fingerprint density at radius 1 is 1.36 bits per heavy atom. The molecule has 5 nitrogen and oxygen atoms in total. The molecular weight excluding hydrogens is 391 g/mol. The number of guanidine groups is 1. The van der Waals surface area contributed by atoms with Gasteiger partial charge in [0, 0.05) is 31.7 Å². The lowest BCUT2D eigenvalue weighted by Gasteiger charge is -2.17. The molecule has 0 atom stereocenters. The van der Waals surface area contributed by atoms with Crippen molar-refractivity contribution < 1.29 is 4.79 Å². The van der Waals surface area contributed by atoms with Crippen molar-refractivity contribution in [2.75, 3.05) is 18.5 Å². The number of anilines is 1. The molecule has 22 heavy (non-hydrogen) atoms. The van der Waals surface area contributed by atoms with Crippen molar-refractivity contribution in [2.45, 2.75) is 38.3 Å². The smallest absolute Gasteiger partial charge is 0.227 e. The lowest BCUT2D eigenvalue weighted by Crippen LogP contribution is -2.35. The molecule has 1 aromatic carbocycles. The first-order valence-corrected chi connectivity index (χ1v) is 7.57. The number of hydrogen-bond acceptors (Lipinski definition) is 2. The van der Waals surface area contributed by atoms with Gasteiger partial charge in [0.2, 0.25) is 5.91 Å². The monoisotopic (exact) mass is 414 g/mol. The summed E-state index contributed by atoms with van der Waals surface area (Å²) in [6.07, 6.45) is 4.04. The van der Waals surface area contributed by atoms with Crippen LogP contribution < -0.4 is 10.6 Å². The van der Waals surface area contributed by atoms with E-state index >= 15 is 0 Å². The van der Waals surface area contributed by atoms with E-state index in [0.717, 1.165) is 24.2 Å². The summed E-state index contributed by atoms with van der Waals surface area (Å²) in [5, 5.41) is 0. The highest BCUT2D eigenvalue weighted by Gasteiger charge is 2.27. The topological polar surface area (TPSA) is 61.9 Å². The molecule has 1 aliphatic heterocycles. The fraction of sp³-hybridized carbons (Fsp3) is 0.500. The summed E-state index contributed by atoms with van der Waals surface area (Å²) in [7, 11) is 2.00. The summed E-state index contributed by atoms with van der Waals surface area (Å²) in [5.41, 5.74) is 8.07. The molecule has 0 aromatic heterocycles. The average molecular weight is 414 g/mol. The van der Waals surface area contributed by atoms with Gasteiger partial charge in [-0.15, -0.1) is 24.0 Å². The Bertz CT molecular complexity index is 554. The van der Waals surface area contributed by atoms with Crippen LogP contribution in [0.1, 0.15) is 31.2 Å². The third kappa shape index (κ3) is 3.91. The van der Waals surface area contributed by atoms with E-state index in [2.05, 4.69) is 9.89 Å². The summed E-state index contributed by atoms with van der Waals surface area (Å²) >= 11 is 0. The molecule has 0 radical (unpaired) electrons. The van der Waals surface area contributed by atoms with Crippen LogP contribution in [0.15, 0.2) is 29.3 Å². The summed E-state index contributed by atoms with van der Waals surface area (Å²) in [6, 6.07) is 8.62. The van der Waals surface area contributed by atoms with E-state index in [4.69, 9.17) is 5.73 Å². The Balaban J connectivity index is 0.00000176. The Kier molecular flexibility index (Phi) is 5.66. The zero-order valence-corrected chi connectivity index (χ0v) is 15.2. The van der Waals surface area contributed by atoms with Crippen LogP contribution in [0.5, 0.6) is 0 Å². The van der Waals surface area contributed by atoms with Gasteiger partial charge in [0.15, 0.2) is 5.96 Å². The number of benzene rings is 1. The molecule has 2 fully saturated rings. The maximum Gasteiger partial charge on any atom is 0.227 e. The van der Waals surface area contributed by atoms with Crippen molar-refractivity contribution >= 4 is 41.5 Å². The van der Waals surface area contributed by atoms with Crippen LogP contribution in [-0.2, 0) is 11.3 Å². The number of carbonyl (C=O) groups is 1. The second kappa shape index (κ2) is 7.30. The number of halogens is 1. The summed E-state index contributed by atoms with van der Waals surface area (Å²) in [4.78, 5) is 20.0.